The zero-order valence-corrected chi connectivity index (χ0v) is 9.84. The van der Waals surface area contributed by atoms with Crippen LogP contribution in [0.25, 0.3) is 0 Å². The number of methoxy groups -OCH3 is 1. The van der Waals surface area contributed by atoms with E-state index in [9.17, 15) is 0 Å². The van der Waals surface area contributed by atoms with Gasteiger partial charge in [0.25, 0.3) is 0 Å². The van der Waals surface area contributed by atoms with Crippen molar-refractivity contribution in [3.05, 3.63) is 36.7 Å². The van der Waals surface area contributed by atoms with Crippen molar-refractivity contribution in [3.63, 3.8) is 0 Å². The molecule has 0 N–H and O–H groups in total. The van der Waals surface area contributed by atoms with Crippen LogP contribution in [0.1, 0.15) is 0 Å². The molecule has 0 spiro atoms. The summed E-state index contributed by atoms with van der Waals surface area (Å²) in [5.74, 6) is 0.892. The highest BCUT2D eigenvalue weighted by Crippen LogP contribution is 2.03. The van der Waals surface area contributed by atoms with Gasteiger partial charge in [0.05, 0.1) is 27.0 Å². The molecule has 16 heavy (non-hydrogen) atoms. The van der Waals surface area contributed by atoms with Crippen LogP contribution in [0.2, 0.25) is 0 Å². The third kappa shape index (κ3) is 1.96. The van der Waals surface area contributed by atoms with E-state index in [4.69, 9.17) is 4.74 Å². The van der Waals surface area contributed by atoms with Crippen LogP contribution in [-0.2, 0) is 14.1 Å². The van der Waals surface area contributed by atoms with Gasteiger partial charge in [0.15, 0.2) is 0 Å². The van der Waals surface area contributed by atoms with Crippen molar-refractivity contribution in [1.82, 2.24) is 4.57 Å². The Morgan fingerprint density at radius 3 is 2.69 bits per heavy atom. The van der Waals surface area contributed by atoms with Crippen LogP contribution < -0.4 is 20.5 Å². The molecule has 1 aromatic heterocycles. The van der Waals surface area contributed by atoms with Gasteiger partial charge in [-0.05, 0) is 6.07 Å². The molecule has 0 bridgehead atoms. The van der Waals surface area contributed by atoms with Gasteiger partial charge in [0.1, 0.15) is 12.4 Å². The smallest absolute Gasteiger partial charge is 0.125 e. The summed E-state index contributed by atoms with van der Waals surface area (Å²) < 4.78 is 9.48. The predicted octanol–water partition coefficient (Wildman–Crippen LogP) is -0.487. The fraction of sp³-hybridized carbons (Fsp3) is 0.250. The Kier molecular flexibility index (Phi) is 2.99. The number of benzene rings is 1. The van der Waals surface area contributed by atoms with Gasteiger partial charge in [-0.1, -0.05) is 18.2 Å². The molecule has 1 heterocycles. The van der Waals surface area contributed by atoms with Gasteiger partial charge in [0.2, 0.25) is 0 Å². The number of para-hydroxylation sites is 1. The molecule has 0 atom stereocenters. The van der Waals surface area contributed by atoms with E-state index < -0.39 is 0 Å². The summed E-state index contributed by atoms with van der Waals surface area (Å²) in [5, 5.41) is 0. The van der Waals surface area contributed by atoms with Gasteiger partial charge in [-0.15, -0.1) is 7.28 Å². The maximum absolute atomic E-state index is 5.32. The maximum atomic E-state index is 5.32. The van der Waals surface area contributed by atoms with Crippen molar-refractivity contribution in [2.24, 2.45) is 14.1 Å². The molecular formula is C12H15BN2O. The first-order valence-electron chi connectivity index (χ1n) is 5.21. The molecule has 2 radical (unpaired) electrons. The number of aromatic nitrogens is 2. The minimum absolute atomic E-state index is 0.892. The van der Waals surface area contributed by atoms with Gasteiger partial charge in [0, 0.05) is 5.72 Å². The van der Waals surface area contributed by atoms with Crippen LogP contribution in [-0.4, -0.2) is 19.0 Å². The summed E-state index contributed by atoms with van der Waals surface area (Å²) in [6.45, 7) is 0. The minimum Gasteiger partial charge on any atom is -0.500 e. The molecule has 3 nitrogen and oxygen atoms in total. The second-order valence-electron chi connectivity index (χ2n) is 3.76. The Balaban J connectivity index is 2.34. The van der Waals surface area contributed by atoms with Crippen molar-refractivity contribution in [3.8, 4) is 5.75 Å². The van der Waals surface area contributed by atoms with Crippen LogP contribution >= 0.6 is 0 Å². The summed E-state index contributed by atoms with van der Waals surface area (Å²) in [7, 11) is 7.86. The topological polar surface area (TPSA) is 18.0 Å². The summed E-state index contributed by atoms with van der Waals surface area (Å²) in [6.07, 6.45) is 4.06. The molecule has 0 aliphatic rings. The first-order valence-corrected chi connectivity index (χ1v) is 5.21. The van der Waals surface area contributed by atoms with Gasteiger partial charge in [-0.3, -0.25) is 9.13 Å². The lowest BCUT2D eigenvalue weighted by Gasteiger charge is -2.18. The molecule has 1 aromatic carbocycles. The van der Waals surface area contributed by atoms with Crippen LogP contribution in [0.4, 0.5) is 0 Å². The molecule has 0 saturated heterocycles. The van der Waals surface area contributed by atoms with Gasteiger partial charge < -0.3 is 4.74 Å². The van der Waals surface area contributed by atoms with Crippen LogP contribution in [0.15, 0.2) is 36.7 Å². The quantitative estimate of drug-likeness (QED) is 0.498. The Hall–Kier alpha value is -1.71. The molecule has 4 heteroatoms. The highest BCUT2D eigenvalue weighted by atomic mass is 16.5. The summed E-state index contributed by atoms with van der Waals surface area (Å²) >= 11 is 0. The lowest BCUT2D eigenvalue weighted by Crippen LogP contribution is -2.52. The zero-order valence-electron chi connectivity index (χ0n) is 9.84. The van der Waals surface area contributed by atoms with E-state index >= 15 is 0 Å². The van der Waals surface area contributed by atoms with E-state index in [0.717, 1.165) is 16.9 Å². The number of nitrogens with zero attached hydrogens (tertiary/aromatic N) is 2. The van der Waals surface area contributed by atoms with Crippen molar-refractivity contribution >= 4 is 18.5 Å². The van der Waals surface area contributed by atoms with Crippen LogP contribution in [0.3, 0.4) is 0 Å². The molecule has 0 amide bonds. The number of rotatable bonds is 3. The highest BCUT2D eigenvalue weighted by Gasteiger charge is 2.01. The molecule has 2 rings (SSSR count). The van der Waals surface area contributed by atoms with Crippen molar-refractivity contribution in [2.45, 2.75) is 0 Å². The highest BCUT2D eigenvalue weighted by molar-refractivity contribution is 6.66. The lowest BCUT2D eigenvalue weighted by molar-refractivity contribution is -0.652. The van der Waals surface area contributed by atoms with Gasteiger partial charge in [-0.25, -0.2) is 5.46 Å². The Morgan fingerprint density at radius 2 is 2.06 bits per heavy atom. The van der Waals surface area contributed by atoms with E-state index in [1.807, 2.05) is 50.8 Å². The molecule has 0 unspecified atom stereocenters. The fourth-order valence-electron chi connectivity index (χ4n) is 1.73. The Bertz CT molecular complexity index is 474. The van der Waals surface area contributed by atoms with Crippen LogP contribution in [0, 0.1) is 0 Å². The average Bonchev–Trinajstić information content (AvgIpc) is 2.61. The largest absolute Gasteiger partial charge is 0.500 e. The van der Waals surface area contributed by atoms with Gasteiger partial charge >= 0.3 is 0 Å². The number of imidazole rings is 1. The molecule has 82 valence electrons. The summed E-state index contributed by atoms with van der Waals surface area (Å²) in [5.41, 5.74) is 2.21. The SMILES string of the molecule is COc1ccccc1[B-]c1n(C)cc[n+]1C. The van der Waals surface area contributed by atoms with Crippen molar-refractivity contribution < 1.29 is 9.30 Å². The molecule has 2 aromatic rings. The lowest BCUT2D eigenvalue weighted by atomic mass is 9.68. The van der Waals surface area contributed by atoms with E-state index in [1.54, 1.807) is 7.11 Å². The van der Waals surface area contributed by atoms with Crippen LogP contribution in [0.5, 0.6) is 5.75 Å². The first kappa shape index (κ1) is 10.8. The molecule has 0 aliphatic carbocycles. The van der Waals surface area contributed by atoms with Crippen molar-refractivity contribution in [1.29, 1.82) is 0 Å². The minimum atomic E-state index is 0.892. The standard InChI is InChI=1S/C12H15BN2O/c1-14-8-9-15(2)12(14)13-10-6-4-5-7-11(10)16-3/h4-9H,1-3H3. The van der Waals surface area contributed by atoms with E-state index in [0.29, 0.717) is 0 Å². The van der Waals surface area contributed by atoms with E-state index in [2.05, 4.69) is 16.4 Å². The normalized spacial score (nSPS) is 10.4. The Labute approximate surface area is 96.5 Å². The third-order valence-electron chi connectivity index (χ3n) is 2.66. The summed E-state index contributed by atoms with van der Waals surface area (Å²) in [4.78, 5) is 0. The van der Waals surface area contributed by atoms with E-state index in [-0.39, 0.29) is 0 Å². The monoisotopic (exact) mass is 214 g/mol. The fourth-order valence-corrected chi connectivity index (χ4v) is 1.73. The average molecular weight is 214 g/mol. The molecule has 0 fully saturated rings. The molecular weight excluding hydrogens is 199 g/mol. The third-order valence-corrected chi connectivity index (χ3v) is 2.66. The number of hydrogen-bond acceptors (Lipinski definition) is 1. The maximum Gasteiger partial charge on any atom is 0.125 e. The second kappa shape index (κ2) is 4.43. The molecule has 0 aliphatic heterocycles. The van der Waals surface area contributed by atoms with E-state index in [1.165, 1.54) is 0 Å². The van der Waals surface area contributed by atoms with Gasteiger partial charge in [-0.2, -0.15) is 0 Å². The first-order chi connectivity index (χ1) is 7.72. The zero-order chi connectivity index (χ0) is 11.5. The Morgan fingerprint density at radius 1 is 1.31 bits per heavy atom. The van der Waals surface area contributed by atoms with Crippen molar-refractivity contribution in [2.75, 3.05) is 7.11 Å². The second-order valence-corrected chi connectivity index (χ2v) is 3.76. The molecule has 0 saturated carbocycles. The number of ether oxygens (including phenoxy) is 1. The predicted molar refractivity (Wildman–Crippen MR) is 64.6 cm³/mol. The number of hydrogen-bond donors (Lipinski definition) is 0. The number of aryl methyl sites for hydroxylation is 2. The summed E-state index contributed by atoms with van der Waals surface area (Å²) in [6, 6.07) is 8.00.